The van der Waals surface area contributed by atoms with Crippen molar-refractivity contribution < 1.29 is 23.8 Å². The zero-order valence-electron chi connectivity index (χ0n) is 14.8. The first-order valence-electron chi connectivity index (χ1n) is 8.42. The van der Waals surface area contributed by atoms with Crippen LogP contribution in [0.3, 0.4) is 0 Å². The number of rotatable bonds is 7. The van der Waals surface area contributed by atoms with Gasteiger partial charge in [-0.05, 0) is 17.7 Å². The van der Waals surface area contributed by atoms with Gasteiger partial charge in [0.05, 0.1) is 13.7 Å². The van der Waals surface area contributed by atoms with E-state index in [9.17, 15) is 14.7 Å². The minimum atomic E-state index is -1.09. The largest absolute Gasteiger partial charge is 0.493 e. The standard InChI is InChI=1S/C20H20N2O5/c1-26-16-9-5-8-14-10-17(27-18(14)16)20(25)22-15(12-23)19(24)21-11-13-6-3-2-4-7-13/h2-10,15,23H,11-12H2,1H3,(H,21,24)(H,22,25)/t15-/m0/s1. The van der Waals surface area contributed by atoms with E-state index in [1.807, 2.05) is 30.3 Å². The number of carbonyl (C=O) groups excluding carboxylic acids is 2. The molecule has 0 unspecified atom stereocenters. The van der Waals surface area contributed by atoms with Crippen LogP contribution in [0.25, 0.3) is 11.0 Å². The number of para-hydroxylation sites is 1. The van der Waals surface area contributed by atoms with Crippen LogP contribution in [0.4, 0.5) is 0 Å². The highest BCUT2D eigenvalue weighted by atomic mass is 16.5. The van der Waals surface area contributed by atoms with Gasteiger partial charge in [0.2, 0.25) is 5.91 Å². The molecule has 0 aliphatic rings. The number of methoxy groups -OCH3 is 1. The van der Waals surface area contributed by atoms with Gasteiger partial charge < -0.3 is 24.9 Å². The molecule has 7 heteroatoms. The fraction of sp³-hybridized carbons (Fsp3) is 0.200. The summed E-state index contributed by atoms with van der Waals surface area (Å²) >= 11 is 0. The minimum absolute atomic E-state index is 0.0313. The third kappa shape index (κ3) is 4.27. The summed E-state index contributed by atoms with van der Waals surface area (Å²) in [4.78, 5) is 24.7. The third-order valence-corrected chi connectivity index (χ3v) is 4.07. The maximum atomic E-state index is 12.4. The molecular formula is C20H20N2O5. The second kappa shape index (κ2) is 8.37. The summed E-state index contributed by atoms with van der Waals surface area (Å²) in [6.45, 7) is -0.232. The lowest BCUT2D eigenvalue weighted by atomic mass is 10.2. The molecule has 2 aromatic carbocycles. The zero-order chi connectivity index (χ0) is 19.2. The van der Waals surface area contributed by atoms with Gasteiger partial charge in [0.25, 0.3) is 5.91 Å². The minimum Gasteiger partial charge on any atom is -0.493 e. The Balaban J connectivity index is 1.66. The number of hydrogen-bond acceptors (Lipinski definition) is 5. The maximum Gasteiger partial charge on any atom is 0.287 e. The lowest BCUT2D eigenvalue weighted by Gasteiger charge is -2.15. The summed E-state index contributed by atoms with van der Waals surface area (Å²) in [6, 6.07) is 15.1. The molecule has 0 saturated carbocycles. The van der Waals surface area contributed by atoms with E-state index >= 15 is 0 Å². The molecule has 0 aliphatic carbocycles. The molecule has 0 bridgehead atoms. The van der Waals surface area contributed by atoms with E-state index in [0.29, 0.717) is 23.3 Å². The zero-order valence-corrected chi connectivity index (χ0v) is 14.8. The first-order chi connectivity index (χ1) is 13.1. The predicted octanol–water partition coefficient (Wildman–Crippen LogP) is 1.85. The van der Waals surface area contributed by atoms with E-state index in [0.717, 1.165) is 5.56 Å². The van der Waals surface area contributed by atoms with Gasteiger partial charge in [-0.3, -0.25) is 9.59 Å². The molecule has 0 radical (unpaired) electrons. The molecule has 3 N–H and O–H groups in total. The number of furan rings is 1. The molecule has 0 aliphatic heterocycles. The van der Waals surface area contributed by atoms with Crippen LogP contribution in [0.15, 0.2) is 59.0 Å². The van der Waals surface area contributed by atoms with Crippen molar-refractivity contribution in [3.63, 3.8) is 0 Å². The van der Waals surface area contributed by atoms with Crippen molar-refractivity contribution in [2.24, 2.45) is 0 Å². The number of fused-ring (bicyclic) bond motifs is 1. The van der Waals surface area contributed by atoms with Crippen molar-refractivity contribution in [2.75, 3.05) is 13.7 Å². The smallest absolute Gasteiger partial charge is 0.287 e. The highest BCUT2D eigenvalue weighted by Crippen LogP contribution is 2.28. The van der Waals surface area contributed by atoms with Crippen molar-refractivity contribution in [3.05, 3.63) is 65.9 Å². The Hall–Kier alpha value is -3.32. The summed E-state index contributed by atoms with van der Waals surface area (Å²) < 4.78 is 10.8. The van der Waals surface area contributed by atoms with Gasteiger partial charge in [0.15, 0.2) is 17.1 Å². The molecule has 1 heterocycles. The van der Waals surface area contributed by atoms with Crippen molar-refractivity contribution in [1.29, 1.82) is 0 Å². The van der Waals surface area contributed by atoms with Gasteiger partial charge in [-0.2, -0.15) is 0 Å². The molecule has 140 valence electrons. The highest BCUT2D eigenvalue weighted by Gasteiger charge is 2.23. The van der Waals surface area contributed by atoms with Crippen molar-refractivity contribution in [3.8, 4) is 5.75 Å². The lowest BCUT2D eigenvalue weighted by Crippen LogP contribution is -2.48. The Morgan fingerprint density at radius 3 is 2.63 bits per heavy atom. The first kappa shape index (κ1) is 18.5. The van der Waals surface area contributed by atoms with Crippen LogP contribution in [0, 0.1) is 0 Å². The Kier molecular flexibility index (Phi) is 5.73. The van der Waals surface area contributed by atoms with E-state index < -0.39 is 24.5 Å². The number of nitrogens with one attached hydrogen (secondary N) is 2. The summed E-state index contributed by atoms with van der Waals surface area (Å²) in [6.07, 6.45) is 0. The van der Waals surface area contributed by atoms with Gasteiger partial charge in [-0.15, -0.1) is 0 Å². The first-order valence-corrected chi connectivity index (χ1v) is 8.42. The number of ether oxygens (including phenoxy) is 1. The van der Waals surface area contributed by atoms with Crippen LogP contribution < -0.4 is 15.4 Å². The average molecular weight is 368 g/mol. The quantitative estimate of drug-likeness (QED) is 0.591. The van der Waals surface area contributed by atoms with E-state index in [1.165, 1.54) is 7.11 Å². The topological polar surface area (TPSA) is 101 Å². The molecule has 3 rings (SSSR count). The van der Waals surface area contributed by atoms with Gasteiger partial charge in [-0.25, -0.2) is 0 Å². The number of amides is 2. The average Bonchev–Trinajstić information content (AvgIpc) is 3.15. The Morgan fingerprint density at radius 2 is 1.93 bits per heavy atom. The SMILES string of the molecule is COc1cccc2cc(C(=O)N[C@@H](CO)C(=O)NCc3ccccc3)oc12. The molecular weight excluding hydrogens is 348 g/mol. The Morgan fingerprint density at radius 1 is 1.15 bits per heavy atom. The number of aliphatic hydroxyl groups excluding tert-OH is 1. The monoisotopic (exact) mass is 368 g/mol. The van der Waals surface area contributed by atoms with Crippen LogP contribution in [0.5, 0.6) is 5.75 Å². The van der Waals surface area contributed by atoms with E-state index in [4.69, 9.17) is 9.15 Å². The van der Waals surface area contributed by atoms with Crippen LogP contribution >= 0.6 is 0 Å². The second-order valence-electron chi connectivity index (χ2n) is 5.90. The Bertz CT molecular complexity index is 936. The Labute approximate surface area is 155 Å². The molecule has 0 fully saturated rings. The normalized spacial score (nSPS) is 11.8. The predicted molar refractivity (Wildman–Crippen MR) is 99.4 cm³/mol. The molecule has 1 atom stereocenters. The fourth-order valence-electron chi connectivity index (χ4n) is 2.64. The van der Waals surface area contributed by atoms with Crippen molar-refractivity contribution in [1.82, 2.24) is 10.6 Å². The summed E-state index contributed by atoms with van der Waals surface area (Å²) in [5, 5.41) is 15.4. The molecule has 2 amide bonds. The van der Waals surface area contributed by atoms with Gasteiger partial charge in [0, 0.05) is 11.9 Å². The molecule has 1 aromatic heterocycles. The highest BCUT2D eigenvalue weighted by molar-refractivity contribution is 5.99. The van der Waals surface area contributed by atoms with E-state index in [-0.39, 0.29) is 5.76 Å². The van der Waals surface area contributed by atoms with Crippen LogP contribution in [-0.2, 0) is 11.3 Å². The summed E-state index contributed by atoms with van der Waals surface area (Å²) in [7, 11) is 1.51. The maximum absolute atomic E-state index is 12.4. The van der Waals surface area contributed by atoms with Crippen molar-refractivity contribution in [2.45, 2.75) is 12.6 Å². The van der Waals surface area contributed by atoms with Gasteiger partial charge in [-0.1, -0.05) is 42.5 Å². The van der Waals surface area contributed by atoms with E-state index in [1.54, 1.807) is 24.3 Å². The van der Waals surface area contributed by atoms with Crippen molar-refractivity contribution >= 4 is 22.8 Å². The molecule has 0 saturated heterocycles. The van der Waals surface area contributed by atoms with Crippen LogP contribution in [0.1, 0.15) is 16.1 Å². The van der Waals surface area contributed by atoms with Gasteiger partial charge >= 0.3 is 0 Å². The number of benzene rings is 2. The third-order valence-electron chi connectivity index (χ3n) is 4.07. The number of carbonyl (C=O) groups is 2. The summed E-state index contributed by atoms with van der Waals surface area (Å²) in [5.41, 5.74) is 1.36. The molecule has 3 aromatic rings. The van der Waals surface area contributed by atoms with E-state index in [2.05, 4.69) is 10.6 Å². The van der Waals surface area contributed by atoms with Gasteiger partial charge in [0.1, 0.15) is 6.04 Å². The summed E-state index contributed by atoms with van der Waals surface area (Å²) in [5.74, 6) is -0.541. The molecule has 7 nitrogen and oxygen atoms in total. The second-order valence-corrected chi connectivity index (χ2v) is 5.90. The number of hydrogen-bond donors (Lipinski definition) is 3. The molecule has 0 spiro atoms. The van der Waals surface area contributed by atoms with Crippen LogP contribution in [0.2, 0.25) is 0 Å². The number of aliphatic hydroxyl groups is 1. The lowest BCUT2D eigenvalue weighted by molar-refractivity contribution is -0.124. The molecule has 27 heavy (non-hydrogen) atoms. The van der Waals surface area contributed by atoms with Crippen LogP contribution in [-0.4, -0.2) is 36.7 Å². The fourth-order valence-corrected chi connectivity index (χ4v) is 2.64.